The first kappa shape index (κ1) is 24.5. The summed E-state index contributed by atoms with van der Waals surface area (Å²) < 4.78 is 52.2. The first-order chi connectivity index (χ1) is 15.8. The molecule has 34 heavy (non-hydrogen) atoms. The van der Waals surface area contributed by atoms with Crippen LogP contribution in [0.15, 0.2) is 29.2 Å². The molecule has 1 amide bonds. The van der Waals surface area contributed by atoms with E-state index >= 15 is 13.2 Å². The minimum Gasteiger partial charge on any atom is -0.444 e. The van der Waals surface area contributed by atoms with E-state index in [2.05, 4.69) is 4.98 Å². The number of rotatable bonds is 3. The fourth-order valence-corrected chi connectivity index (χ4v) is 5.13. The van der Waals surface area contributed by atoms with Crippen molar-refractivity contribution in [3.8, 4) is 11.1 Å². The summed E-state index contributed by atoms with van der Waals surface area (Å²) in [6.45, 7) is 7.85. The van der Waals surface area contributed by atoms with Gasteiger partial charge in [-0.3, -0.25) is 4.90 Å². The standard InChI is InChI=1S/C25H28F3N3O2S/c1-13-14(2)30-22-18(34-12-29)9-17(26)20(19(13)22)16-8-6-7-15-10-31(11-25(27,28)21(15)16)23(32)33-24(3,4)5/h6-9,30H,10-12,29H2,1-5H3. The van der Waals surface area contributed by atoms with Crippen LogP contribution in [-0.4, -0.2) is 34.0 Å². The number of carbonyl (C=O) groups is 1. The lowest BCUT2D eigenvalue weighted by Gasteiger charge is -2.36. The highest BCUT2D eigenvalue weighted by molar-refractivity contribution is 7.99. The number of carbonyl (C=O) groups excluding carboxylic acids is 1. The van der Waals surface area contributed by atoms with Crippen LogP contribution in [0.5, 0.6) is 0 Å². The summed E-state index contributed by atoms with van der Waals surface area (Å²) >= 11 is 1.28. The summed E-state index contributed by atoms with van der Waals surface area (Å²) in [5.74, 6) is -3.74. The number of thioether (sulfide) groups is 1. The van der Waals surface area contributed by atoms with Crippen LogP contribution in [0, 0.1) is 19.7 Å². The van der Waals surface area contributed by atoms with E-state index in [1.54, 1.807) is 32.9 Å². The van der Waals surface area contributed by atoms with Gasteiger partial charge in [-0.1, -0.05) is 18.2 Å². The van der Waals surface area contributed by atoms with Gasteiger partial charge in [-0.05, 0) is 57.4 Å². The molecule has 3 N–H and O–H groups in total. The van der Waals surface area contributed by atoms with E-state index in [0.29, 0.717) is 15.8 Å². The predicted molar refractivity (Wildman–Crippen MR) is 129 cm³/mol. The first-order valence-electron chi connectivity index (χ1n) is 11.0. The zero-order valence-electron chi connectivity index (χ0n) is 19.8. The van der Waals surface area contributed by atoms with Crippen molar-refractivity contribution >= 4 is 28.8 Å². The number of ether oxygens (including phenoxy) is 1. The van der Waals surface area contributed by atoms with Crippen LogP contribution in [0.4, 0.5) is 18.0 Å². The van der Waals surface area contributed by atoms with Crippen molar-refractivity contribution in [1.82, 2.24) is 9.88 Å². The number of hydrogen-bond acceptors (Lipinski definition) is 4. The lowest BCUT2D eigenvalue weighted by molar-refractivity contribution is -0.0587. The van der Waals surface area contributed by atoms with Gasteiger partial charge in [-0.2, -0.15) is 8.78 Å². The molecule has 0 bridgehead atoms. The van der Waals surface area contributed by atoms with Gasteiger partial charge < -0.3 is 15.5 Å². The van der Waals surface area contributed by atoms with E-state index in [1.807, 2.05) is 13.8 Å². The van der Waals surface area contributed by atoms with Crippen molar-refractivity contribution < 1.29 is 22.7 Å². The van der Waals surface area contributed by atoms with Crippen LogP contribution in [0.2, 0.25) is 0 Å². The second-order valence-electron chi connectivity index (χ2n) is 9.55. The minimum atomic E-state index is -3.40. The van der Waals surface area contributed by atoms with Crippen LogP contribution >= 0.6 is 11.8 Å². The molecule has 5 nitrogen and oxygen atoms in total. The highest BCUT2D eigenvalue weighted by Crippen LogP contribution is 2.47. The van der Waals surface area contributed by atoms with E-state index < -0.39 is 30.0 Å². The zero-order chi connectivity index (χ0) is 25.0. The Morgan fingerprint density at radius 2 is 2.00 bits per heavy atom. The van der Waals surface area contributed by atoms with Crippen molar-refractivity contribution in [1.29, 1.82) is 0 Å². The maximum absolute atomic E-state index is 15.6. The highest BCUT2D eigenvalue weighted by Gasteiger charge is 2.45. The summed E-state index contributed by atoms with van der Waals surface area (Å²) in [5, 5.41) is 0.562. The molecule has 1 aliphatic heterocycles. The van der Waals surface area contributed by atoms with Crippen molar-refractivity contribution in [2.24, 2.45) is 5.73 Å². The number of H-pyrrole nitrogens is 1. The monoisotopic (exact) mass is 491 g/mol. The number of nitrogens with zero attached hydrogens (tertiary/aromatic N) is 1. The fraction of sp³-hybridized carbons (Fsp3) is 0.400. The average molecular weight is 492 g/mol. The van der Waals surface area contributed by atoms with E-state index in [9.17, 15) is 4.79 Å². The Kier molecular flexibility index (Phi) is 6.14. The van der Waals surface area contributed by atoms with Gasteiger partial charge in [0.15, 0.2) is 0 Å². The molecule has 1 aromatic heterocycles. The molecular weight excluding hydrogens is 463 g/mol. The van der Waals surface area contributed by atoms with Gasteiger partial charge in [0.25, 0.3) is 5.92 Å². The Balaban J connectivity index is 1.91. The molecule has 2 aromatic carbocycles. The van der Waals surface area contributed by atoms with E-state index in [0.717, 1.165) is 16.2 Å². The number of nitrogens with one attached hydrogen (secondary N) is 1. The van der Waals surface area contributed by atoms with Gasteiger partial charge in [0.2, 0.25) is 0 Å². The Bertz CT molecular complexity index is 1280. The van der Waals surface area contributed by atoms with Crippen molar-refractivity contribution in [3.63, 3.8) is 0 Å². The number of halogens is 3. The van der Waals surface area contributed by atoms with Crippen molar-refractivity contribution in [2.75, 3.05) is 12.4 Å². The van der Waals surface area contributed by atoms with Crippen LogP contribution in [-0.2, 0) is 17.2 Å². The molecule has 182 valence electrons. The summed E-state index contributed by atoms with van der Waals surface area (Å²) in [6, 6.07) is 6.03. The molecular formula is C25H28F3N3O2S. The SMILES string of the molecule is Cc1[nH]c2c(SCN)cc(F)c(-c3cccc4c3C(F)(F)CN(C(=O)OC(C)(C)C)C4)c2c1C. The van der Waals surface area contributed by atoms with Crippen LogP contribution in [0.1, 0.15) is 43.2 Å². The smallest absolute Gasteiger partial charge is 0.410 e. The Hall–Kier alpha value is -2.65. The molecule has 2 heterocycles. The molecule has 0 fully saturated rings. The normalized spacial score (nSPS) is 15.5. The maximum atomic E-state index is 15.6. The van der Waals surface area contributed by atoms with Crippen LogP contribution in [0.3, 0.4) is 0 Å². The largest absolute Gasteiger partial charge is 0.444 e. The van der Waals surface area contributed by atoms with Gasteiger partial charge in [0.05, 0.1) is 12.1 Å². The first-order valence-corrected chi connectivity index (χ1v) is 12.0. The van der Waals surface area contributed by atoms with E-state index in [1.165, 1.54) is 23.9 Å². The maximum Gasteiger partial charge on any atom is 0.410 e. The molecule has 0 saturated heterocycles. The third-order valence-corrected chi connectivity index (χ3v) is 6.72. The molecule has 0 spiro atoms. The number of hydrogen-bond donors (Lipinski definition) is 2. The minimum absolute atomic E-state index is 0.0509. The lowest BCUT2D eigenvalue weighted by atomic mass is 9.86. The Morgan fingerprint density at radius 1 is 1.29 bits per heavy atom. The fourth-order valence-electron chi connectivity index (χ4n) is 4.47. The van der Waals surface area contributed by atoms with E-state index in [-0.39, 0.29) is 34.7 Å². The molecule has 0 radical (unpaired) electrons. The average Bonchev–Trinajstić information content (AvgIpc) is 3.01. The molecule has 0 unspecified atom stereocenters. The summed E-state index contributed by atoms with van der Waals surface area (Å²) in [6.07, 6.45) is -0.808. The Labute approximate surface area is 200 Å². The van der Waals surface area contributed by atoms with Crippen LogP contribution < -0.4 is 5.73 Å². The van der Waals surface area contributed by atoms with Gasteiger partial charge in [-0.25, -0.2) is 9.18 Å². The summed E-state index contributed by atoms with van der Waals surface area (Å²) in [4.78, 5) is 17.4. The topological polar surface area (TPSA) is 71.4 Å². The third-order valence-electron chi connectivity index (χ3n) is 5.92. The molecule has 0 aliphatic carbocycles. The second kappa shape index (κ2) is 8.53. The van der Waals surface area contributed by atoms with Crippen molar-refractivity contribution in [2.45, 2.75) is 57.6 Å². The lowest BCUT2D eigenvalue weighted by Crippen LogP contribution is -2.46. The quantitative estimate of drug-likeness (QED) is 0.327. The van der Waals surface area contributed by atoms with Gasteiger partial charge >= 0.3 is 6.09 Å². The number of fused-ring (bicyclic) bond motifs is 2. The number of alkyl halides is 2. The third kappa shape index (κ3) is 4.27. The summed E-state index contributed by atoms with van der Waals surface area (Å²) in [5.41, 5.74) is 7.42. The number of aromatic nitrogens is 1. The second-order valence-corrected chi connectivity index (χ2v) is 10.6. The predicted octanol–water partition coefficient (Wildman–Crippen LogP) is 6.44. The Morgan fingerprint density at radius 3 is 2.65 bits per heavy atom. The summed E-state index contributed by atoms with van der Waals surface area (Å²) in [7, 11) is 0. The molecule has 3 aromatic rings. The number of aromatic amines is 1. The molecule has 9 heteroatoms. The molecule has 4 rings (SSSR count). The van der Waals surface area contributed by atoms with Gasteiger partial charge in [0, 0.05) is 39.5 Å². The molecule has 0 atom stereocenters. The molecule has 0 saturated carbocycles. The van der Waals surface area contributed by atoms with Gasteiger partial charge in [-0.15, -0.1) is 11.8 Å². The molecule has 1 aliphatic rings. The van der Waals surface area contributed by atoms with E-state index in [4.69, 9.17) is 10.5 Å². The van der Waals surface area contributed by atoms with Crippen molar-refractivity contribution in [3.05, 3.63) is 52.5 Å². The highest BCUT2D eigenvalue weighted by atomic mass is 32.2. The van der Waals surface area contributed by atoms with Crippen LogP contribution in [0.25, 0.3) is 22.0 Å². The number of benzene rings is 2. The number of nitrogens with two attached hydrogens (primary N) is 1. The number of aryl methyl sites for hydroxylation is 2. The van der Waals surface area contributed by atoms with Gasteiger partial charge in [0.1, 0.15) is 11.4 Å². The zero-order valence-corrected chi connectivity index (χ0v) is 20.6. The number of amides is 1.